The Kier molecular flexibility index (Phi) is 11.9. The van der Waals surface area contributed by atoms with Gasteiger partial charge in [0.05, 0.1) is 0 Å². The summed E-state index contributed by atoms with van der Waals surface area (Å²) in [6.45, 7) is 13.6. The smallest absolute Gasteiger partial charge is 0.342 e. The number of carbonyl (C=O) groups is 2. The number of carbonyl (C=O) groups excluding carboxylic acids is 2. The third-order valence-corrected chi connectivity index (χ3v) is 6.09. The minimum Gasteiger partial charge on any atom is -0.507 e. The molecule has 0 spiro atoms. The minimum atomic E-state index is -0.716. The second kappa shape index (κ2) is 13.6. The fraction of sp³-hybridized carbons (Fsp3) is 0.714. The van der Waals surface area contributed by atoms with Crippen LogP contribution in [0.25, 0.3) is 0 Å². The van der Waals surface area contributed by atoms with E-state index in [0.29, 0.717) is 25.7 Å². The molecule has 0 aromatic heterocycles. The van der Waals surface area contributed by atoms with Gasteiger partial charge in [-0.1, -0.05) is 52.9 Å². The number of phenolic OH excluding ortho intramolecular Hbond substituents is 2. The summed E-state index contributed by atoms with van der Waals surface area (Å²) in [6, 6.07) is 1.12. The van der Waals surface area contributed by atoms with Crippen LogP contribution in [0.5, 0.6) is 11.5 Å². The highest BCUT2D eigenvalue weighted by molar-refractivity contribution is 6.00. The maximum Gasteiger partial charge on any atom is 0.342 e. The SMILES string of the molecule is CCCCCC(C)(C)OC(=O)c1cc(O)c(C(=O)OC(C)(C)CCCCC)c(CCCC)c1O. The van der Waals surface area contributed by atoms with E-state index >= 15 is 0 Å². The molecule has 0 fully saturated rings. The average Bonchev–Trinajstić information content (AvgIpc) is 2.73. The maximum absolute atomic E-state index is 13.1. The van der Waals surface area contributed by atoms with Crippen LogP contribution in [-0.4, -0.2) is 33.4 Å². The number of hydrogen-bond donors (Lipinski definition) is 2. The normalized spacial score (nSPS) is 12.0. The Bertz CT molecular complexity index is 810. The lowest BCUT2D eigenvalue weighted by Gasteiger charge is -2.27. The first-order valence-electron chi connectivity index (χ1n) is 12.9. The van der Waals surface area contributed by atoms with Crippen molar-refractivity contribution in [3.63, 3.8) is 0 Å². The molecule has 1 rings (SSSR count). The Labute approximate surface area is 206 Å². The Balaban J connectivity index is 3.25. The van der Waals surface area contributed by atoms with Gasteiger partial charge in [-0.3, -0.25) is 0 Å². The number of benzene rings is 1. The predicted molar refractivity (Wildman–Crippen MR) is 136 cm³/mol. The molecule has 0 heterocycles. The molecule has 1 aromatic rings. The molecule has 194 valence electrons. The first kappa shape index (κ1) is 29.8. The third-order valence-electron chi connectivity index (χ3n) is 6.09. The fourth-order valence-corrected chi connectivity index (χ4v) is 4.00. The third kappa shape index (κ3) is 9.19. The Morgan fingerprint density at radius 3 is 1.71 bits per heavy atom. The van der Waals surface area contributed by atoms with Gasteiger partial charge in [0, 0.05) is 5.56 Å². The second-order valence-corrected chi connectivity index (χ2v) is 10.5. The van der Waals surface area contributed by atoms with Gasteiger partial charge in [0.1, 0.15) is 33.8 Å². The number of aromatic hydroxyl groups is 2. The molecule has 0 aliphatic heterocycles. The van der Waals surface area contributed by atoms with Crippen LogP contribution in [0.3, 0.4) is 0 Å². The molecular weight excluding hydrogens is 432 g/mol. The molecule has 2 N–H and O–H groups in total. The molecule has 0 aliphatic rings. The number of rotatable bonds is 15. The second-order valence-electron chi connectivity index (χ2n) is 10.5. The summed E-state index contributed by atoms with van der Waals surface area (Å²) >= 11 is 0. The monoisotopic (exact) mass is 478 g/mol. The summed E-state index contributed by atoms with van der Waals surface area (Å²) < 4.78 is 11.4. The molecule has 6 nitrogen and oxygen atoms in total. The van der Waals surface area contributed by atoms with Crippen molar-refractivity contribution in [2.24, 2.45) is 0 Å². The van der Waals surface area contributed by atoms with Crippen LogP contribution >= 0.6 is 0 Å². The molecule has 0 amide bonds. The van der Waals surface area contributed by atoms with Gasteiger partial charge in [-0.05, 0) is 72.3 Å². The van der Waals surface area contributed by atoms with E-state index in [-0.39, 0.29) is 28.2 Å². The number of esters is 2. The number of ether oxygens (including phenoxy) is 2. The topological polar surface area (TPSA) is 93.1 Å². The first-order valence-corrected chi connectivity index (χ1v) is 12.9. The lowest BCUT2D eigenvalue weighted by atomic mass is 9.95. The van der Waals surface area contributed by atoms with E-state index in [1.807, 2.05) is 34.6 Å². The van der Waals surface area contributed by atoms with E-state index in [9.17, 15) is 19.8 Å². The number of unbranched alkanes of at least 4 members (excludes halogenated alkanes) is 5. The molecule has 0 saturated heterocycles. The van der Waals surface area contributed by atoms with Crippen LogP contribution in [0.4, 0.5) is 0 Å². The van der Waals surface area contributed by atoms with Crippen LogP contribution in [-0.2, 0) is 15.9 Å². The van der Waals surface area contributed by atoms with Crippen molar-refractivity contribution < 1.29 is 29.3 Å². The van der Waals surface area contributed by atoms with Gasteiger partial charge >= 0.3 is 11.9 Å². The zero-order valence-corrected chi connectivity index (χ0v) is 22.4. The van der Waals surface area contributed by atoms with Crippen LogP contribution in [0.1, 0.15) is 139 Å². The van der Waals surface area contributed by atoms with Gasteiger partial charge in [-0.2, -0.15) is 0 Å². The fourth-order valence-electron chi connectivity index (χ4n) is 4.00. The summed E-state index contributed by atoms with van der Waals surface area (Å²) in [6.07, 6.45) is 9.27. The first-order chi connectivity index (χ1) is 15.9. The molecule has 0 unspecified atom stereocenters. The van der Waals surface area contributed by atoms with Crippen molar-refractivity contribution >= 4 is 11.9 Å². The average molecular weight is 479 g/mol. The highest BCUT2D eigenvalue weighted by Gasteiger charge is 2.32. The van der Waals surface area contributed by atoms with Crippen molar-refractivity contribution in [3.05, 3.63) is 22.8 Å². The highest BCUT2D eigenvalue weighted by Crippen LogP contribution is 2.37. The molecule has 34 heavy (non-hydrogen) atoms. The van der Waals surface area contributed by atoms with Crippen molar-refractivity contribution in [2.75, 3.05) is 0 Å². The van der Waals surface area contributed by atoms with Crippen LogP contribution < -0.4 is 0 Å². The molecule has 0 radical (unpaired) electrons. The van der Waals surface area contributed by atoms with Gasteiger partial charge in [0.15, 0.2) is 0 Å². The van der Waals surface area contributed by atoms with Gasteiger partial charge < -0.3 is 19.7 Å². The Hall–Kier alpha value is -2.24. The van der Waals surface area contributed by atoms with Crippen molar-refractivity contribution in [1.29, 1.82) is 0 Å². The molecule has 0 aliphatic carbocycles. The lowest BCUT2D eigenvalue weighted by molar-refractivity contribution is -0.00770. The Morgan fingerprint density at radius 1 is 0.765 bits per heavy atom. The van der Waals surface area contributed by atoms with Crippen LogP contribution in [0.15, 0.2) is 6.07 Å². The predicted octanol–water partition coefficient (Wildman–Crippen LogP) is 7.47. The van der Waals surface area contributed by atoms with Gasteiger partial charge in [0.2, 0.25) is 0 Å². The van der Waals surface area contributed by atoms with E-state index in [1.165, 1.54) is 0 Å². The summed E-state index contributed by atoms with van der Waals surface area (Å²) in [5.74, 6) is -2.11. The van der Waals surface area contributed by atoms with Crippen molar-refractivity contribution in [2.45, 2.75) is 130 Å². The van der Waals surface area contributed by atoms with Crippen LogP contribution in [0.2, 0.25) is 0 Å². The van der Waals surface area contributed by atoms with Gasteiger partial charge in [-0.25, -0.2) is 9.59 Å². The molecule has 0 saturated carbocycles. The maximum atomic E-state index is 13.1. The van der Waals surface area contributed by atoms with Gasteiger partial charge in [-0.15, -0.1) is 0 Å². The van der Waals surface area contributed by atoms with E-state index in [4.69, 9.17) is 9.47 Å². The largest absolute Gasteiger partial charge is 0.507 e. The van der Waals surface area contributed by atoms with E-state index in [0.717, 1.165) is 51.0 Å². The molecule has 0 atom stereocenters. The van der Waals surface area contributed by atoms with E-state index < -0.39 is 23.1 Å². The van der Waals surface area contributed by atoms with Crippen molar-refractivity contribution in [1.82, 2.24) is 0 Å². The zero-order chi connectivity index (χ0) is 25.9. The molecule has 1 aromatic carbocycles. The van der Waals surface area contributed by atoms with Gasteiger partial charge in [0.25, 0.3) is 0 Å². The molecular formula is C28H46O6. The van der Waals surface area contributed by atoms with Crippen molar-refractivity contribution in [3.8, 4) is 11.5 Å². The number of hydrogen-bond acceptors (Lipinski definition) is 6. The summed E-state index contributed by atoms with van der Waals surface area (Å²) in [5, 5.41) is 21.8. The highest BCUT2D eigenvalue weighted by atomic mass is 16.6. The summed E-state index contributed by atoms with van der Waals surface area (Å²) in [7, 11) is 0. The molecule has 6 heteroatoms. The molecule has 0 bridgehead atoms. The zero-order valence-electron chi connectivity index (χ0n) is 22.4. The quantitative estimate of drug-likeness (QED) is 0.154. The van der Waals surface area contributed by atoms with Crippen LogP contribution in [0, 0.1) is 0 Å². The number of phenols is 2. The Morgan fingerprint density at radius 2 is 1.24 bits per heavy atom. The lowest BCUT2D eigenvalue weighted by Crippen LogP contribution is -2.29. The summed E-state index contributed by atoms with van der Waals surface area (Å²) in [5.41, 5.74) is -1.40. The summed E-state index contributed by atoms with van der Waals surface area (Å²) in [4.78, 5) is 26.0. The standard InChI is InChI=1S/C28H46O6/c1-8-11-14-17-27(4,5)33-25(31)21-19-22(29)23(20(24(21)30)16-13-10-3)26(32)34-28(6,7)18-15-12-9-2/h19,29-30H,8-18H2,1-7H3. The van der Waals surface area contributed by atoms with E-state index in [2.05, 4.69) is 13.8 Å². The van der Waals surface area contributed by atoms with E-state index in [1.54, 1.807) is 0 Å². The minimum absolute atomic E-state index is 0.0757.